The Kier molecular flexibility index (Phi) is 6.23. The molecule has 1 heterocycles. The fourth-order valence-electron chi connectivity index (χ4n) is 3.79. The predicted molar refractivity (Wildman–Crippen MR) is 128 cm³/mol. The molecular weight excluding hydrogens is 477 g/mol. The maximum Gasteiger partial charge on any atom is 0.181 e. The number of oxazole rings is 1. The van der Waals surface area contributed by atoms with Gasteiger partial charge in [0, 0.05) is 19.8 Å². The molecule has 1 aliphatic carbocycles. The predicted octanol–water partition coefficient (Wildman–Crippen LogP) is 5.39. The molecule has 3 aromatic rings. The number of benzene rings is 2. The third kappa shape index (κ3) is 4.12. The molecule has 4 N–H and O–H groups in total. The van der Waals surface area contributed by atoms with Gasteiger partial charge in [0.15, 0.2) is 12.2 Å². The lowest BCUT2D eigenvalue weighted by Gasteiger charge is -2.33. The molecule has 0 radical (unpaired) electrons. The fourth-order valence-corrected chi connectivity index (χ4v) is 3.79. The van der Waals surface area contributed by atoms with Crippen LogP contribution in [0.15, 0.2) is 53.4 Å². The Balaban J connectivity index is 0.00000160. The van der Waals surface area contributed by atoms with E-state index in [0.29, 0.717) is 28.5 Å². The molecule has 0 spiro atoms. The van der Waals surface area contributed by atoms with Crippen LogP contribution in [0.2, 0.25) is 0 Å². The number of halogens is 1. The zero-order chi connectivity index (χ0) is 19.7. The largest absolute Gasteiger partial charge is 0.442 e. The average molecular weight is 503 g/mol. The molecule has 0 amide bonds. The number of nitrogen functional groups attached to an aromatic ring is 1. The summed E-state index contributed by atoms with van der Waals surface area (Å²) < 4.78 is 5.24. The zero-order valence-corrected chi connectivity index (χ0v) is 18.3. The molecule has 0 saturated carbocycles. The summed E-state index contributed by atoms with van der Waals surface area (Å²) in [7, 11) is 0. The van der Waals surface area contributed by atoms with Crippen molar-refractivity contribution >= 4 is 41.1 Å². The van der Waals surface area contributed by atoms with Gasteiger partial charge in [0.25, 0.3) is 0 Å². The highest BCUT2D eigenvalue weighted by atomic mass is 127. The molecule has 0 unspecified atom stereocenters. The number of nitrogens with two attached hydrogens (primary N) is 1. The number of anilines is 2. The summed E-state index contributed by atoms with van der Waals surface area (Å²) in [6.07, 6.45) is 4.84. The van der Waals surface area contributed by atoms with Crippen LogP contribution >= 0.6 is 24.0 Å². The maximum atomic E-state index is 9.17. The van der Waals surface area contributed by atoms with Gasteiger partial charge in [-0.15, -0.1) is 24.0 Å². The molecule has 0 fully saturated rings. The van der Waals surface area contributed by atoms with Gasteiger partial charge < -0.3 is 15.5 Å². The normalized spacial score (nSPS) is 17.5. The van der Waals surface area contributed by atoms with E-state index in [0.717, 1.165) is 18.5 Å². The van der Waals surface area contributed by atoms with Gasteiger partial charge in [-0.1, -0.05) is 13.0 Å². The van der Waals surface area contributed by atoms with Crippen molar-refractivity contribution in [1.29, 1.82) is 10.7 Å². The number of hydrogen-bond acceptors (Lipinski definition) is 6. The number of hydrogen-bond donors (Lipinski definition) is 3. The van der Waals surface area contributed by atoms with Crippen LogP contribution in [0.5, 0.6) is 0 Å². The molecule has 4 rings (SSSR count). The molecule has 1 aliphatic rings. The fraction of sp³-hybridized carbons (Fsp3) is 0.227. The van der Waals surface area contributed by atoms with Crippen LogP contribution in [0.25, 0.3) is 0 Å². The highest BCUT2D eigenvalue weighted by Gasteiger charge is 2.27. The van der Waals surface area contributed by atoms with Crippen LogP contribution in [-0.4, -0.2) is 10.7 Å². The number of aromatic nitrogens is 1. The Morgan fingerprint density at radius 2 is 2.17 bits per heavy atom. The first-order chi connectivity index (χ1) is 13.6. The smallest absolute Gasteiger partial charge is 0.181 e. The van der Waals surface area contributed by atoms with E-state index in [1.807, 2.05) is 24.3 Å². The van der Waals surface area contributed by atoms with Crippen molar-refractivity contribution in [3.05, 3.63) is 77.0 Å². The van der Waals surface area contributed by atoms with Gasteiger partial charge in [0.05, 0.1) is 23.9 Å². The summed E-state index contributed by atoms with van der Waals surface area (Å²) in [6.45, 7) is 2.23. The average Bonchev–Trinajstić information content (AvgIpc) is 3.25. The molecule has 0 aliphatic heterocycles. The minimum absolute atomic E-state index is 0. The van der Waals surface area contributed by atoms with Crippen molar-refractivity contribution in [2.45, 2.75) is 25.8 Å². The molecule has 2 aromatic carbocycles. The summed E-state index contributed by atoms with van der Waals surface area (Å²) in [6, 6.07) is 13.9. The van der Waals surface area contributed by atoms with Gasteiger partial charge >= 0.3 is 0 Å². The number of aryl methyl sites for hydroxylation is 1. The second-order valence-electron chi connectivity index (χ2n) is 7.21. The number of nitriles is 1. The van der Waals surface area contributed by atoms with Crippen LogP contribution in [0.4, 0.5) is 11.4 Å². The van der Waals surface area contributed by atoms with Crippen LogP contribution < -0.4 is 11.1 Å². The van der Waals surface area contributed by atoms with E-state index >= 15 is 0 Å². The minimum atomic E-state index is 0. The van der Waals surface area contributed by atoms with E-state index < -0.39 is 0 Å². The van der Waals surface area contributed by atoms with Crippen LogP contribution in [-0.2, 0) is 6.42 Å². The topological polar surface area (TPSA) is 112 Å². The van der Waals surface area contributed by atoms with Crippen LogP contribution in [0.3, 0.4) is 0 Å². The van der Waals surface area contributed by atoms with Crippen molar-refractivity contribution in [2.75, 3.05) is 11.1 Å². The molecule has 2 atom stereocenters. The SMILES string of the molecule is C[C@H]1CCc2cc(C#N)ccc2[C@@H]1Nc1ccc(N)c(C(=N)c2cnco2)c1.I.[HH].[HH]. The van der Waals surface area contributed by atoms with Crippen molar-refractivity contribution < 1.29 is 7.27 Å². The summed E-state index contributed by atoms with van der Waals surface area (Å²) in [5.74, 6) is 0.819. The highest BCUT2D eigenvalue weighted by molar-refractivity contribution is 14.0. The standard InChI is InChI=1S/C22H21N5O.HI.2H2/c1-13-2-4-15-8-14(10-23)3-6-17(15)22(13)27-16-5-7-19(24)18(9-16)21(25)20-11-26-12-28-20;;;/h3,5-9,11-13,22,25,27H,2,4,24H2,1H3;3*1H/t13-,22+;;;/m0.../s1. The van der Waals surface area contributed by atoms with Gasteiger partial charge in [-0.05, 0) is 60.2 Å². The zero-order valence-electron chi connectivity index (χ0n) is 16.0. The lowest BCUT2D eigenvalue weighted by Crippen LogP contribution is -2.25. The monoisotopic (exact) mass is 503 g/mol. The Morgan fingerprint density at radius 3 is 2.90 bits per heavy atom. The Hall–Kier alpha value is -2.86. The lowest BCUT2D eigenvalue weighted by molar-refractivity contribution is 0.434. The van der Waals surface area contributed by atoms with Gasteiger partial charge in [-0.3, -0.25) is 5.41 Å². The van der Waals surface area contributed by atoms with E-state index in [-0.39, 0.29) is 38.6 Å². The lowest BCUT2D eigenvalue weighted by atomic mass is 9.80. The molecule has 0 bridgehead atoms. The van der Waals surface area contributed by atoms with E-state index in [9.17, 15) is 0 Å². The van der Waals surface area contributed by atoms with Crippen LogP contribution in [0.1, 0.15) is 50.3 Å². The van der Waals surface area contributed by atoms with E-state index in [2.05, 4.69) is 29.4 Å². The summed E-state index contributed by atoms with van der Waals surface area (Å²) >= 11 is 0. The number of fused-ring (bicyclic) bond motifs is 1. The molecule has 29 heavy (non-hydrogen) atoms. The maximum absolute atomic E-state index is 9.17. The first kappa shape index (κ1) is 20.9. The first-order valence-electron chi connectivity index (χ1n) is 9.23. The highest BCUT2D eigenvalue weighted by Crippen LogP contribution is 2.37. The number of nitrogens with zero attached hydrogens (tertiary/aromatic N) is 2. The molecule has 6 nitrogen and oxygen atoms in total. The summed E-state index contributed by atoms with van der Waals surface area (Å²) in [4.78, 5) is 3.88. The number of nitrogens with one attached hydrogen (secondary N) is 2. The van der Waals surface area contributed by atoms with Gasteiger partial charge in [0.2, 0.25) is 0 Å². The van der Waals surface area contributed by atoms with Crippen molar-refractivity contribution in [1.82, 2.24) is 4.98 Å². The second kappa shape index (κ2) is 8.66. The first-order valence-corrected chi connectivity index (χ1v) is 9.23. The van der Waals surface area contributed by atoms with Gasteiger partial charge in [-0.2, -0.15) is 5.26 Å². The van der Waals surface area contributed by atoms with E-state index in [1.54, 1.807) is 6.07 Å². The van der Waals surface area contributed by atoms with Crippen molar-refractivity contribution in [2.24, 2.45) is 5.92 Å². The molecule has 152 valence electrons. The molecular formula is C22H26IN5O. The number of rotatable bonds is 4. The van der Waals surface area contributed by atoms with E-state index in [4.69, 9.17) is 20.8 Å². The Morgan fingerprint density at radius 1 is 1.34 bits per heavy atom. The summed E-state index contributed by atoms with van der Waals surface area (Å²) in [5, 5.41) is 21.2. The third-order valence-corrected chi connectivity index (χ3v) is 5.37. The third-order valence-electron chi connectivity index (χ3n) is 5.37. The van der Waals surface area contributed by atoms with Gasteiger partial charge in [0.1, 0.15) is 5.71 Å². The van der Waals surface area contributed by atoms with E-state index in [1.165, 1.54) is 23.7 Å². The van der Waals surface area contributed by atoms with Crippen molar-refractivity contribution in [3.63, 3.8) is 0 Å². The molecule has 7 heteroatoms. The minimum Gasteiger partial charge on any atom is -0.442 e. The van der Waals surface area contributed by atoms with Crippen LogP contribution in [0, 0.1) is 22.7 Å². The molecule has 1 aromatic heterocycles. The summed E-state index contributed by atoms with van der Waals surface area (Å²) in [5.41, 5.74) is 11.5. The second-order valence-corrected chi connectivity index (χ2v) is 7.21. The Bertz CT molecular complexity index is 1080. The quantitative estimate of drug-likeness (QED) is 0.251. The van der Waals surface area contributed by atoms with Crippen molar-refractivity contribution in [3.8, 4) is 6.07 Å². The van der Waals surface area contributed by atoms with Gasteiger partial charge in [-0.25, -0.2) is 4.98 Å². The molecule has 0 saturated heterocycles. The Labute approximate surface area is 189 Å².